The summed E-state index contributed by atoms with van der Waals surface area (Å²) in [6, 6.07) is 1.84. The molecule has 3 aromatic heterocycles. The number of aromatic nitrogens is 5. The highest BCUT2D eigenvalue weighted by Gasteiger charge is 2.29. The second-order valence-electron chi connectivity index (χ2n) is 5.65. The minimum absolute atomic E-state index is 0.00639. The number of hydrogen-bond acceptors (Lipinski definition) is 7. The third-order valence-corrected chi connectivity index (χ3v) is 4.24. The molecule has 0 bridgehead atoms. The van der Waals surface area contributed by atoms with Crippen LogP contribution in [0.3, 0.4) is 0 Å². The van der Waals surface area contributed by atoms with Crippen LogP contribution in [-0.2, 0) is 13.1 Å². The molecule has 1 amide bonds. The Hall–Kier alpha value is -3.23. The molecular weight excluding hydrogens is 322 g/mol. The van der Waals surface area contributed by atoms with Crippen LogP contribution in [0.5, 0.6) is 5.88 Å². The summed E-state index contributed by atoms with van der Waals surface area (Å²) in [4.78, 5) is 34.1. The lowest BCUT2D eigenvalue weighted by atomic mass is 10.1. The minimum Gasteiger partial charge on any atom is -0.481 e. The van der Waals surface area contributed by atoms with Crippen molar-refractivity contribution in [2.75, 3.05) is 19.0 Å². The standard InChI is InChI=1S/C16H17N7O2/c1-3-23-6-11-10(16(23)24)4-9(15(22-11)25-2)5-17-13-12-14(19-7-18-12)21-8-20-13/h4,7-8H,3,5-6H2,1-2H3,(H2,17,18,19,20,21). The molecule has 0 saturated heterocycles. The van der Waals surface area contributed by atoms with Gasteiger partial charge >= 0.3 is 0 Å². The van der Waals surface area contributed by atoms with Crippen LogP contribution in [0.1, 0.15) is 28.5 Å². The Morgan fingerprint density at radius 3 is 3.04 bits per heavy atom. The molecule has 1 aliphatic heterocycles. The summed E-state index contributed by atoms with van der Waals surface area (Å²) in [6.45, 7) is 3.54. The molecule has 4 rings (SSSR count). The number of fused-ring (bicyclic) bond motifs is 2. The molecule has 1 aliphatic rings. The zero-order valence-corrected chi connectivity index (χ0v) is 13.9. The van der Waals surface area contributed by atoms with Crippen LogP contribution in [0.2, 0.25) is 0 Å². The SMILES string of the molecule is CCN1Cc2nc(OC)c(CNc3ncnc4nc[nH]c34)cc2C1=O. The Balaban J connectivity index is 1.64. The number of hydrogen-bond donors (Lipinski definition) is 2. The summed E-state index contributed by atoms with van der Waals surface area (Å²) in [5.41, 5.74) is 3.49. The second kappa shape index (κ2) is 6.00. The number of ether oxygens (including phenoxy) is 1. The summed E-state index contributed by atoms with van der Waals surface area (Å²) in [7, 11) is 1.57. The van der Waals surface area contributed by atoms with Crippen molar-refractivity contribution in [1.82, 2.24) is 29.8 Å². The van der Waals surface area contributed by atoms with Gasteiger partial charge in [0.15, 0.2) is 11.5 Å². The second-order valence-corrected chi connectivity index (χ2v) is 5.65. The molecule has 0 aliphatic carbocycles. The van der Waals surface area contributed by atoms with E-state index in [1.807, 2.05) is 13.0 Å². The Kier molecular flexibility index (Phi) is 3.68. The normalized spacial score (nSPS) is 13.4. The summed E-state index contributed by atoms with van der Waals surface area (Å²) in [5, 5.41) is 3.23. The topological polar surface area (TPSA) is 109 Å². The maximum Gasteiger partial charge on any atom is 0.256 e. The molecule has 4 heterocycles. The minimum atomic E-state index is 0.00639. The molecular formula is C16H17N7O2. The number of imidazole rings is 1. The van der Waals surface area contributed by atoms with Crippen LogP contribution >= 0.6 is 0 Å². The first kappa shape index (κ1) is 15.3. The van der Waals surface area contributed by atoms with E-state index in [1.165, 1.54) is 6.33 Å². The number of pyridine rings is 1. The Morgan fingerprint density at radius 1 is 1.36 bits per heavy atom. The number of amides is 1. The van der Waals surface area contributed by atoms with E-state index in [0.29, 0.717) is 42.5 Å². The van der Waals surface area contributed by atoms with E-state index in [0.717, 1.165) is 16.8 Å². The molecule has 25 heavy (non-hydrogen) atoms. The lowest BCUT2D eigenvalue weighted by Crippen LogP contribution is -2.23. The van der Waals surface area contributed by atoms with E-state index in [9.17, 15) is 4.79 Å². The Bertz CT molecular complexity index is 953. The van der Waals surface area contributed by atoms with Crippen molar-refractivity contribution in [3.05, 3.63) is 35.5 Å². The number of anilines is 1. The summed E-state index contributed by atoms with van der Waals surface area (Å²) in [6.07, 6.45) is 3.02. The van der Waals surface area contributed by atoms with Crippen LogP contribution < -0.4 is 10.1 Å². The monoisotopic (exact) mass is 339 g/mol. The molecule has 0 atom stereocenters. The lowest BCUT2D eigenvalue weighted by Gasteiger charge is -2.11. The van der Waals surface area contributed by atoms with Gasteiger partial charge in [-0.05, 0) is 13.0 Å². The van der Waals surface area contributed by atoms with Gasteiger partial charge in [0.2, 0.25) is 5.88 Å². The third kappa shape index (κ3) is 2.53. The molecule has 0 fully saturated rings. The molecule has 9 heteroatoms. The quantitative estimate of drug-likeness (QED) is 0.722. The van der Waals surface area contributed by atoms with Crippen LogP contribution in [0.4, 0.5) is 5.82 Å². The maximum atomic E-state index is 12.4. The van der Waals surface area contributed by atoms with Crippen molar-refractivity contribution >= 4 is 22.9 Å². The Morgan fingerprint density at radius 2 is 2.24 bits per heavy atom. The van der Waals surface area contributed by atoms with Crippen molar-refractivity contribution in [3.8, 4) is 5.88 Å². The van der Waals surface area contributed by atoms with Crippen molar-refractivity contribution in [2.45, 2.75) is 20.0 Å². The number of carbonyl (C=O) groups excluding carboxylic acids is 1. The number of methoxy groups -OCH3 is 1. The fourth-order valence-electron chi connectivity index (χ4n) is 2.94. The number of carbonyl (C=O) groups is 1. The van der Waals surface area contributed by atoms with Gasteiger partial charge in [-0.25, -0.2) is 19.9 Å². The van der Waals surface area contributed by atoms with Gasteiger partial charge in [0.05, 0.1) is 31.2 Å². The number of nitrogens with one attached hydrogen (secondary N) is 2. The van der Waals surface area contributed by atoms with Crippen LogP contribution in [0, 0.1) is 0 Å². The van der Waals surface area contributed by atoms with Crippen molar-refractivity contribution in [1.29, 1.82) is 0 Å². The van der Waals surface area contributed by atoms with Gasteiger partial charge < -0.3 is 19.9 Å². The summed E-state index contributed by atoms with van der Waals surface area (Å²) in [5.74, 6) is 1.14. The summed E-state index contributed by atoms with van der Waals surface area (Å²) >= 11 is 0. The first-order valence-electron chi connectivity index (χ1n) is 7.95. The molecule has 0 aromatic carbocycles. The van der Waals surface area contributed by atoms with Gasteiger partial charge in [0, 0.05) is 18.7 Å². The van der Waals surface area contributed by atoms with Crippen LogP contribution in [0.15, 0.2) is 18.7 Å². The molecule has 0 radical (unpaired) electrons. The van der Waals surface area contributed by atoms with Gasteiger partial charge in [-0.1, -0.05) is 0 Å². The Labute approximate surface area is 143 Å². The summed E-state index contributed by atoms with van der Waals surface area (Å²) < 4.78 is 5.40. The fraction of sp³-hybridized carbons (Fsp3) is 0.312. The molecule has 0 unspecified atom stereocenters. The largest absolute Gasteiger partial charge is 0.481 e. The predicted octanol–water partition coefficient (Wildman–Crippen LogP) is 1.34. The van der Waals surface area contributed by atoms with E-state index < -0.39 is 0 Å². The van der Waals surface area contributed by atoms with Gasteiger partial charge in [0.25, 0.3) is 5.91 Å². The average Bonchev–Trinajstić information content (AvgIpc) is 3.24. The number of nitrogens with zero attached hydrogens (tertiary/aromatic N) is 5. The zero-order chi connectivity index (χ0) is 17.4. The van der Waals surface area contributed by atoms with E-state index in [1.54, 1.807) is 18.3 Å². The molecule has 0 saturated carbocycles. The maximum absolute atomic E-state index is 12.4. The third-order valence-electron chi connectivity index (χ3n) is 4.24. The van der Waals surface area contributed by atoms with Crippen molar-refractivity contribution < 1.29 is 9.53 Å². The van der Waals surface area contributed by atoms with Gasteiger partial charge in [0.1, 0.15) is 11.8 Å². The highest BCUT2D eigenvalue weighted by atomic mass is 16.5. The van der Waals surface area contributed by atoms with E-state index in [-0.39, 0.29) is 5.91 Å². The average molecular weight is 339 g/mol. The molecule has 9 nitrogen and oxygen atoms in total. The number of rotatable bonds is 5. The highest BCUT2D eigenvalue weighted by molar-refractivity contribution is 5.98. The zero-order valence-electron chi connectivity index (χ0n) is 13.9. The van der Waals surface area contributed by atoms with Gasteiger partial charge in [-0.3, -0.25) is 4.79 Å². The first-order valence-corrected chi connectivity index (χ1v) is 7.95. The molecule has 3 aromatic rings. The lowest BCUT2D eigenvalue weighted by molar-refractivity contribution is 0.0786. The van der Waals surface area contributed by atoms with E-state index in [2.05, 4.69) is 30.2 Å². The predicted molar refractivity (Wildman–Crippen MR) is 90.2 cm³/mol. The fourth-order valence-corrected chi connectivity index (χ4v) is 2.94. The van der Waals surface area contributed by atoms with E-state index in [4.69, 9.17) is 4.74 Å². The number of H-pyrrole nitrogens is 1. The van der Waals surface area contributed by atoms with Crippen molar-refractivity contribution in [3.63, 3.8) is 0 Å². The molecule has 128 valence electrons. The van der Waals surface area contributed by atoms with Crippen molar-refractivity contribution in [2.24, 2.45) is 0 Å². The first-order chi connectivity index (χ1) is 12.2. The van der Waals surface area contributed by atoms with Crippen LogP contribution in [-0.4, -0.2) is 49.4 Å². The van der Waals surface area contributed by atoms with Crippen LogP contribution in [0.25, 0.3) is 11.2 Å². The van der Waals surface area contributed by atoms with E-state index >= 15 is 0 Å². The molecule has 0 spiro atoms. The number of aromatic amines is 1. The highest BCUT2D eigenvalue weighted by Crippen LogP contribution is 2.27. The van der Waals surface area contributed by atoms with Gasteiger partial charge in [-0.15, -0.1) is 0 Å². The molecule has 2 N–H and O–H groups in total. The smallest absolute Gasteiger partial charge is 0.256 e. The van der Waals surface area contributed by atoms with Gasteiger partial charge in [-0.2, -0.15) is 0 Å².